The fourth-order valence-corrected chi connectivity index (χ4v) is 4.25. The number of ether oxygens (including phenoxy) is 1. The zero-order valence-corrected chi connectivity index (χ0v) is 15.9. The van der Waals surface area contributed by atoms with Crippen LogP contribution in [0.1, 0.15) is 29.9 Å². The third kappa shape index (κ3) is 3.16. The van der Waals surface area contributed by atoms with Crippen LogP contribution >= 0.6 is 23.2 Å². The van der Waals surface area contributed by atoms with Crippen LogP contribution < -0.4 is 0 Å². The molecule has 1 aliphatic carbocycles. The summed E-state index contributed by atoms with van der Waals surface area (Å²) in [6.45, 7) is 0. The lowest BCUT2D eigenvalue weighted by Gasteiger charge is -2.30. The molecule has 3 nitrogen and oxygen atoms in total. The molecule has 0 aromatic heterocycles. The SMILES string of the molecule is N#CC1C(=N)OC2=C(CC/C2=C\c2ccccc2Cl)C1c1ccccc1Cl. The van der Waals surface area contributed by atoms with Crippen molar-refractivity contribution in [2.75, 3.05) is 0 Å². The first-order chi connectivity index (χ1) is 13.1. The molecular weight excluding hydrogens is 379 g/mol. The molecule has 0 saturated heterocycles. The van der Waals surface area contributed by atoms with Crippen LogP contribution in [0.3, 0.4) is 0 Å². The normalized spacial score (nSPS) is 23.1. The van der Waals surface area contributed by atoms with Gasteiger partial charge in [0.15, 0.2) is 0 Å². The number of hydrogen-bond donors (Lipinski definition) is 1. The van der Waals surface area contributed by atoms with E-state index in [1.165, 1.54) is 0 Å². The quantitative estimate of drug-likeness (QED) is 0.644. The largest absolute Gasteiger partial charge is 0.442 e. The molecule has 0 fully saturated rings. The lowest BCUT2D eigenvalue weighted by atomic mass is 9.79. The highest BCUT2D eigenvalue weighted by Crippen LogP contribution is 2.49. The van der Waals surface area contributed by atoms with Crippen molar-refractivity contribution in [2.45, 2.75) is 18.8 Å². The molecule has 5 heteroatoms. The highest BCUT2D eigenvalue weighted by atomic mass is 35.5. The van der Waals surface area contributed by atoms with Crippen LogP contribution in [-0.4, -0.2) is 5.90 Å². The van der Waals surface area contributed by atoms with Crippen molar-refractivity contribution >= 4 is 35.2 Å². The Morgan fingerprint density at radius 3 is 2.44 bits per heavy atom. The van der Waals surface area contributed by atoms with E-state index in [2.05, 4.69) is 6.07 Å². The third-order valence-corrected chi connectivity index (χ3v) is 5.75. The molecule has 0 bridgehead atoms. The molecule has 2 atom stereocenters. The molecule has 0 radical (unpaired) electrons. The minimum absolute atomic E-state index is 0.0341. The van der Waals surface area contributed by atoms with E-state index >= 15 is 0 Å². The second-order valence-electron chi connectivity index (χ2n) is 6.62. The number of nitrogens with one attached hydrogen (secondary N) is 1. The highest BCUT2D eigenvalue weighted by molar-refractivity contribution is 6.32. The van der Waals surface area contributed by atoms with Gasteiger partial charge in [-0.1, -0.05) is 59.6 Å². The van der Waals surface area contributed by atoms with Gasteiger partial charge in [0.2, 0.25) is 5.90 Å². The first kappa shape index (κ1) is 17.9. The Bertz CT molecular complexity index is 1030. The molecule has 134 valence electrons. The Hall–Kier alpha value is -2.54. The molecule has 4 rings (SSSR count). The van der Waals surface area contributed by atoms with E-state index in [-0.39, 0.29) is 11.8 Å². The molecule has 1 aliphatic heterocycles. The van der Waals surface area contributed by atoms with Gasteiger partial charge < -0.3 is 4.74 Å². The Morgan fingerprint density at radius 1 is 1.04 bits per heavy atom. The second kappa shape index (κ2) is 7.23. The number of halogens is 2. The van der Waals surface area contributed by atoms with Crippen LogP contribution in [0.5, 0.6) is 0 Å². The van der Waals surface area contributed by atoms with E-state index < -0.39 is 5.92 Å². The van der Waals surface area contributed by atoms with E-state index in [1.54, 1.807) is 0 Å². The summed E-state index contributed by atoms with van der Waals surface area (Å²) in [5.41, 5.74) is 3.81. The van der Waals surface area contributed by atoms with Gasteiger partial charge in [0.1, 0.15) is 11.7 Å². The maximum atomic E-state index is 9.67. The summed E-state index contributed by atoms with van der Waals surface area (Å²) in [6, 6.07) is 17.4. The Kier molecular flexibility index (Phi) is 4.78. The summed E-state index contributed by atoms with van der Waals surface area (Å²) >= 11 is 12.7. The summed E-state index contributed by atoms with van der Waals surface area (Å²) < 4.78 is 5.82. The van der Waals surface area contributed by atoms with Gasteiger partial charge in [-0.2, -0.15) is 5.26 Å². The lowest BCUT2D eigenvalue weighted by Crippen LogP contribution is -2.29. The van der Waals surface area contributed by atoms with Gasteiger partial charge in [-0.15, -0.1) is 0 Å². The fraction of sp³-hybridized carbons (Fsp3) is 0.182. The van der Waals surface area contributed by atoms with Crippen LogP contribution in [0.15, 0.2) is 65.4 Å². The standard InChI is InChI=1S/C22H16Cl2N2O/c23-18-7-3-1-5-13(18)11-14-9-10-16-20(15-6-2-4-8-19(15)24)17(12-25)22(26)27-21(14)16/h1-8,11,17,20,26H,9-10H2/b14-11+,26-22?. The molecule has 2 aromatic carbocycles. The van der Waals surface area contributed by atoms with Crippen molar-refractivity contribution in [1.29, 1.82) is 10.7 Å². The van der Waals surface area contributed by atoms with Crippen molar-refractivity contribution in [3.05, 3.63) is 86.6 Å². The van der Waals surface area contributed by atoms with Gasteiger partial charge in [-0.3, -0.25) is 5.41 Å². The minimum atomic E-state index is -0.677. The first-order valence-electron chi connectivity index (χ1n) is 8.69. The molecule has 2 aliphatic rings. The summed E-state index contributed by atoms with van der Waals surface area (Å²) in [5.74, 6) is -0.287. The van der Waals surface area contributed by atoms with Gasteiger partial charge in [-0.25, -0.2) is 0 Å². The van der Waals surface area contributed by atoms with Crippen LogP contribution in [0.25, 0.3) is 6.08 Å². The summed E-state index contributed by atoms with van der Waals surface area (Å²) in [4.78, 5) is 0. The minimum Gasteiger partial charge on any atom is -0.442 e. The molecule has 2 unspecified atom stereocenters. The van der Waals surface area contributed by atoms with Crippen molar-refractivity contribution in [3.8, 4) is 6.07 Å². The second-order valence-corrected chi connectivity index (χ2v) is 7.43. The molecule has 0 saturated carbocycles. The number of benzene rings is 2. The predicted octanol–water partition coefficient (Wildman–Crippen LogP) is 6.36. The molecule has 0 amide bonds. The number of allylic oxidation sites excluding steroid dienone is 2. The zero-order chi connectivity index (χ0) is 19.0. The van der Waals surface area contributed by atoms with Crippen molar-refractivity contribution in [1.82, 2.24) is 0 Å². The summed E-state index contributed by atoms with van der Waals surface area (Å²) in [5, 5.41) is 19.2. The van der Waals surface area contributed by atoms with Crippen LogP contribution in [0.4, 0.5) is 0 Å². The number of hydrogen-bond acceptors (Lipinski definition) is 3. The summed E-state index contributed by atoms with van der Waals surface area (Å²) in [6.07, 6.45) is 3.56. The lowest BCUT2D eigenvalue weighted by molar-refractivity contribution is 0.359. The Morgan fingerprint density at radius 2 is 1.74 bits per heavy atom. The van der Waals surface area contributed by atoms with Crippen molar-refractivity contribution < 1.29 is 4.74 Å². The molecule has 1 heterocycles. The number of nitrogens with zero attached hydrogens (tertiary/aromatic N) is 1. The van der Waals surface area contributed by atoms with Gasteiger partial charge in [-0.05, 0) is 53.3 Å². The van der Waals surface area contributed by atoms with Crippen molar-refractivity contribution in [2.24, 2.45) is 5.92 Å². The van der Waals surface area contributed by atoms with E-state index in [9.17, 15) is 5.26 Å². The van der Waals surface area contributed by atoms with Gasteiger partial charge in [0.05, 0.1) is 6.07 Å². The number of rotatable bonds is 2. The smallest absolute Gasteiger partial charge is 0.205 e. The van der Waals surface area contributed by atoms with Gasteiger partial charge in [0.25, 0.3) is 0 Å². The van der Waals surface area contributed by atoms with Crippen molar-refractivity contribution in [3.63, 3.8) is 0 Å². The van der Waals surface area contributed by atoms with Crippen LogP contribution in [0, 0.1) is 22.7 Å². The number of nitriles is 1. The first-order valence-corrected chi connectivity index (χ1v) is 9.44. The molecule has 2 aromatic rings. The molecule has 27 heavy (non-hydrogen) atoms. The fourth-order valence-electron chi connectivity index (χ4n) is 3.80. The third-order valence-electron chi connectivity index (χ3n) is 5.06. The van der Waals surface area contributed by atoms with E-state index in [1.807, 2.05) is 54.6 Å². The zero-order valence-electron chi connectivity index (χ0n) is 14.4. The van der Waals surface area contributed by atoms with Crippen LogP contribution in [0.2, 0.25) is 10.0 Å². The molecule has 1 N–H and O–H groups in total. The monoisotopic (exact) mass is 394 g/mol. The Labute approximate surface area is 168 Å². The van der Waals surface area contributed by atoms with E-state index in [4.69, 9.17) is 33.3 Å². The highest BCUT2D eigenvalue weighted by Gasteiger charge is 2.42. The maximum absolute atomic E-state index is 9.67. The topological polar surface area (TPSA) is 56.9 Å². The maximum Gasteiger partial charge on any atom is 0.205 e. The molecule has 0 spiro atoms. The average Bonchev–Trinajstić information content (AvgIpc) is 3.05. The predicted molar refractivity (Wildman–Crippen MR) is 108 cm³/mol. The van der Waals surface area contributed by atoms with E-state index in [0.29, 0.717) is 15.8 Å². The van der Waals surface area contributed by atoms with E-state index in [0.717, 1.165) is 35.1 Å². The van der Waals surface area contributed by atoms with Crippen LogP contribution in [-0.2, 0) is 4.74 Å². The average molecular weight is 395 g/mol. The van der Waals surface area contributed by atoms with Gasteiger partial charge in [0, 0.05) is 16.0 Å². The Balaban J connectivity index is 1.84. The van der Waals surface area contributed by atoms with Gasteiger partial charge >= 0.3 is 0 Å². The summed E-state index contributed by atoms with van der Waals surface area (Å²) in [7, 11) is 0. The molecular formula is C22H16Cl2N2O.